The Balaban J connectivity index is 1.50. The fourth-order valence-corrected chi connectivity index (χ4v) is 7.80. The molecule has 36 heavy (non-hydrogen) atoms. The van der Waals surface area contributed by atoms with Gasteiger partial charge in [0.1, 0.15) is 0 Å². The van der Waals surface area contributed by atoms with Crippen LogP contribution in [0.1, 0.15) is 56.9 Å². The van der Waals surface area contributed by atoms with Crippen LogP contribution in [0.4, 0.5) is 0 Å². The number of aromatic amines is 1. The first-order chi connectivity index (χ1) is 17.1. The molecule has 0 saturated heterocycles. The molecule has 1 aromatic carbocycles. The molecule has 0 aliphatic heterocycles. The number of amides is 4. The van der Waals surface area contributed by atoms with Crippen molar-refractivity contribution < 1.29 is 45.4 Å². The number of rotatable bonds is 13. The molecule has 1 fully saturated rings. The van der Waals surface area contributed by atoms with E-state index in [-0.39, 0.29) is 52.2 Å². The van der Waals surface area contributed by atoms with Gasteiger partial charge in [0.2, 0.25) is 0 Å². The van der Waals surface area contributed by atoms with Crippen LogP contribution in [-0.4, -0.2) is 52.2 Å². The van der Waals surface area contributed by atoms with Crippen LogP contribution in [0.3, 0.4) is 0 Å². The maximum atomic E-state index is 12.8. The van der Waals surface area contributed by atoms with E-state index < -0.39 is 33.4 Å². The van der Waals surface area contributed by atoms with Gasteiger partial charge in [-0.05, 0) is 0 Å². The van der Waals surface area contributed by atoms with E-state index >= 15 is 0 Å². The first-order valence-corrected chi connectivity index (χ1v) is 14.3. The average Bonchev–Trinajstić information content (AvgIpc) is 3.15. The molecule has 1 aliphatic rings. The van der Waals surface area contributed by atoms with Crippen LogP contribution in [-0.2, 0) is 14.4 Å². The van der Waals surface area contributed by atoms with E-state index in [4.69, 9.17) is 10.5 Å². The Labute approximate surface area is 221 Å². The number of carbonyl (C=O) groups is 4. The molecule has 0 spiro atoms. The molecule has 0 radical (unpaired) electrons. The number of fused-ring (bicyclic) bond motifs is 1. The van der Waals surface area contributed by atoms with E-state index in [9.17, 15) is 19.2 Å². The molecular formula is C25H35IN5O5-. The van der Waals surface area contributed by atoms with Crippen LogP contribution in [0.15, 0.2) is 24.3 Å². The summed E-state index contributed by atoms with van der Waals surface area (Å²) in [5, 5.41) is 6.28. The van der Waals surface area contributed by atoms with Gasteiger partial charge in [0.25, 0.3) is 0 Å². The van der Waals surface area contributed by atoms with E-state index in [1.807, 2.05) is 25.1 Å². The summed E-state index contributed by atoms with van der Waals surface area (Å²) in [4.78, 5) is 52.2. The summed E-state index contributed by atoms with van der Waals surface area (Å²) in [5.74, 6) is -0.492. The standard InChI is InChI=1S/C25H35IN5O5/c1-5-11-28-20(32)10-9-17(23(27)34)30-21(33)13-15-22(25(15,2)3)26-31-24(35)18-12-14-16(29-18)7-6-8-19(14)36-4/h6-8,12,15,17,22,29H,5,9-11,13H2,1-4H3,(H2,27,34)(H,28,32)(H,30,33)(H,31,35)/q-1/t15-,17+,22+/m1/s1. The van der Waals surface area contributed by atoms with Crippen molar-refractivity contribution in [2.75, 3.05) is 13.7 Å². The van der Waals surface area contributed by atoms with Crippen molar-refractivity contribution in [1.82, 2.24) is 19.1 Å². The predicted octanol–water partition coefficient (Wildman–Crippen LogP) is -1.40. The summed E-state index contributed by atoms with van der Waals surface area (Å²) in [6.45, 7) is 6.68. The molecule has 0 bridgehead atoms. The van der Waals surface area contributed by atoms with E-state index in [2.05, 4.69) is 33.0 Å². The fourth-order valence-electron chi connectivity index (χ4n) is 4.21. The second kappa shape index (κ2) is 11.9. The van der Waals surface area contributed by atoms with Gasteiger partial charge in [-0.25, -0.2) is 0 Å². The molecule has 10 nitrogen and oxygen atoms in total. The van der Waals surface area contributed by atoms with Crippen molar-refractivity contribution in [3.8, 4) is 5.75 Å². The Kier molecular flexibility index (Phi) is 9.20. The molecule has 6 N–H and O–H groups in total. The zero-order valence-corrected chi connectivity index (χ0v) is 23.2. The third-order valence-electron chi connectivity index (χ3n) is 6.57. The Morgan fingerprint density at radius 3 is 2.64 bits per heavy atom. The van der Waals surface area contributed by atoms with Crippen molar-refractivity contribution in [3.05, 3.63) is 30.0 Å². The van der Waals surface area contributed by atoms with Crippen LogP contribution < -0.4 is 46.1 Å². The number of aromatic nitrogens is 1. The van der Waals surface area contributed by atoms with Gasteiger partial charge in [0.05, 0.1) is 0 Å². The number of nitrogens with one attached hydrogen (secondary N) is 4. The molecule has 1 aliphatic carbocycles. The van der Waals surface area contributed by atoms with Crippen LogP contribution >= 0.6 is 0 Å². The molecule has 1 aromatic heterocycles. The van der Waals surface area contributed by atoms with Crippen molar-refractivity contribution >= 4 is 34.5 Å². The van der Waals surface area contributed by atoms with Crippen molar-refractivity contribution in [2.24, 2.45) is 17.1 Å². The summed E-state index contributed by atoms with van der Waals surface area (Å²) >= 11 is -0.725. The molecule has 3 atom stereocenters. The average molecular weight is 612 g/mol. The van der Waals surface area contributed by atoms with Gasteiger partial charge in [-0.15, -0.1) is 0 Å². The Morgan fingerprint density at radius 2 is 1.97 bits per heavy atom. The fraction of sp³-hybridized carbons (Fsp3) is 0.520. The van der Waals surface area contributed by atoms with Crippen LogP contribution in [0.25, 0.3) is 10.9 Å². The first kappa shape index (κ1) is 27.8. The monoisotopic (exact) mass is 612 g/mol. The van der Waals surface area contributed by atoms with Gasteiger partial charge in [-0.3, -0.25) is 0 Å². The Morgan fingerprint density at radius 1 is 1.22 bits per heavy atom. The number of halogens is 1. The molecule has 1 heterocycles. The van der Waals surface area contributed by atoms with Gasteiger partial charge < -0.3 is 0 Å². The van der Waals surface area contributed by atoms with Gasteiger partial charge in [-0.2, -0.15) is 0 Å². The summed E-state index contributed by atoms with van der Waals surface area (Å²) in [7, 11) is 1.59. The first-order valence-electron chi connectivity index (χ1n) is 12.0. The predicted molar refractivity (Wildman–Crippen MR) is 132 cm³/mol. The molecule has 198 valence electrons. The van der Waals surface area contributed by atoms with Gasteiger partial charge in [0, 0.05) is 0 Å². The Hall–Kier alpha value is -2.83. The molecular weight excluding hydrogens is 577 g/mol. The summed E-state index contributed by atoms with van der Waals surface area (Å²) in [6, 6.07) is 6.48. The van der Waals surface area contributed by atoms with E-state index in [1.54, 1.807) is 13.2 Å². The summed E-state index contributed by atoms with van der Waals surface area (Å²) < 4.78 is 8.65. The number of hydrogen-bond donors (Lipinski definition) is 5. The second-order valence-corrected chi connectivity index (χ2v) is 12.1. The van der Waals surface area contributed by atoms with E-state index in [1.165, 1.54) is 0 Å². The molecule has 11 heteroatoms. The van der Waals surface area contributed by atoms with E-state index in [0.29, 0.717) is 18.0 Å². The van der Waals surface area contributed by atoms with Crippen LogP contribution in [0, 0.1) is 11.3 Å². The quantitative estimate of drug-likeness (QED) is 0.107. The number of carbonyl (C=O) groups excluding carboxylic acids is 4. The van der Waals surface area contributed by atoms with E-state index in [0.717, 1.165) is 17.3 Å². The Bertz CT molecular complexity index is 1130. The molecule has 3 rings (SSSR count). The topological polar surface area (TPSA) is 155 Å². The molecule has 4 amide bonds. The third kappa shape index (κ3) is 6.68. The van der Waals surface area contributed by atoms with Gasteiger partial charge >= 0.3 is 215 Å². The number of hydrogen-bond acceptors (Lipinski definition) is 5. The number of methoxy groups -OCH3 is 1. The minimum atomic E-state index is -0.890. The van der Waals surface area contributed by atoms with Crippen molar-refractivity contribution in [3.63, 3.8) is 0 Å². The van der Waals surface area contributed by atoms with Crippen molar-refractivity contribution in [1.29, 1.82) is 0 Å². The number of benzene rings is 1. The molecule has 2 aromatic rings. The van der Waals surface area contributed by atoms with Crippen molar-refractivity contribution in [2.45, 2.75) is 56.4 Å². The number of H-pyrrole nitrogens is 1. The summed E-state index contributed by atoms with van der Waals surface area (Å²) in [5.41, 5.74) is 6.64. The van der Waals surface area contributed by atoms with Gasteiger partial charge in [-0.1, -0.05) is 6.92 Å². The number of alkyl halides is 1. The third-order valence-corrected chi connectivity index (χ3v) is 10.5. The van der Waals surface area contributed by atoms with Crippen LogP contribution in [0.2, 0.25) is 0 Å². The number of ether oxygens (including phenoxy) is 1. The molecule has 1 saturated carbocycles. The molecule has 0 unspecified atom stereocenters. The maximum absolute atomic E-state index is 12.8. The second-order valence-electron chi connectivity index (χ2n) is 9.58. The van der Waals surface area contributed by atoms with Gasteiger partial charge in [0.15, 0.2) is 0 Å². The summed E-state index contributed by atoms with van der Waals surface area (Å²) in [6.07, 6.45) is 1.33. The normalized spacial score (nSPS) is 18.9. The number of nitrogens with two attached hydrogens (primary N) is 1. The van der Waals surface area contributed by atoms with Crippen LogP contribution in [0.5, 0.6) is 5.75 Å². The zero-order valence-electron chi connectivity index (χ0n) is 21.1. The SMILES string of the molecule is CCCNC(=O)CC[C@H](NC(=O)C[C@@H]1[C@H]([I-]NC(=O)c2cc3c(OC)cccc3[nH]2)C1(C)C)C(N)=O. The number of primary amides is 1. The zero-order chi connectivity index (χ0) is 26.5. The minimum absolute atomic E-state index is 0.0924.